The molecule has 5 aromatic rings. The van der Waals surface area contributed by atoms with Crippen molar-refractivity contribution in [3.05, 3.63) is 113 Å². The second-order valence-electron chi connectivity index (χ2n) is 9.78. The lowest BCUT2D eigenvalue weighted by molar-refractivity contribution is 0.100. The number of fused-ring (bicyclic) bond motifs is 4. The molecule has 0 aliphatic heterocycles. The molecule has 0 fully saturated rings. The quantitative estimate of drug-likeness (QED) is 0.181. The zero-order chi connectivity index (χ0) is 27.1. The molecule has 0 N–H and O–H groups in total. The molecule has 0 saturated carbocycles. The van der Waals surface area contributed by atoms with Crippen LogP contribution in [0.3, 0.4) is 0 Å². The molecule has 0 bridgehead atoms. The number of terminal acetylenes is 1. The summed E-state index contributed by atoms with van der Waals surface area (Å²) in [5, 5.41) is 0.736. The number of hydrogen-bond acceptors (Lipinski definition) is 5. The molecule has 0 amide bonds. The van der Waals surface area contributed by atoms with E-state index in [2.05, 4.69) is 36.9 Å². The molecule has 1 aliphatic carbocycles. The van der Waals surface area contributed by atoms with Crippen LogP contribution in [0.4, 0.5) is 0 Å². The standard InChI is InChI=1S/C34H24N2O3/c1-4-18-39-23-16-17-29-28(19-23)31(22-14-12-21(13-15-22)20(2)3)36-34(35-29)33(38)27-11-7-10-25-24-8-5-6-9-26(24)32(37)30(25)27/h1,5-17,19-20H,18H2,2-3H3. The van der Waals surface area contributed by atoms with Gasteiger partial charge in [0.1, 0.15) is 12.4 Å². The Morgan fingerprint density at radius 3 is 2.38 bits per heavy atom. The maximum Gasteiger partial charge on any atom is 0.231 e. The molecule has 0 saturated heterocycles. The lowest BCUT2D eigenvalue weighted by Gasteiger charge is -2.12. The molecule has 1 heterocycles. The number of rotatable bonds is 6. The minimum atomic E-state index is -0.400. The number of aromatic nitrogens is 2. The molecule has 5 heteroatoms. The molecule has 0 spiro atoms. The van der Waals surface area contributed by atoms with Crippen LogP contribution in [0, 0.1) is 12.3 Å². The predicted molar refractivity (Wildman–Crippen MR) is 152 cm³/mol. The normalized spacial score (nSPS) is 11.8. The first-order valence-electron chi connectivity index (χ1n) is 12.8. The van der Waals surface area contributed by atoms with Gasteiger partial charge in [0.25, 0.3) is 0 Å². The lowest BCUT2D eigenvalue weighted by atomic mass is 9.97. The zero-order valence-corrected chi connectivity index (χ0v) is 21.6. The highest BCUT2D eigenvalue weighted by molar-refractivity contribution is 6.27. The largest absolute Gasteiger partial charge is 0.481 e. The molecule has 0 unspecified atom stereocenters. The summed E-state index contributed by atoms with van der Waals surface area (Å²) in [6.45, 7) is 4.41. The van der Waals surface area contributed by atoms with E-state index in [1.165, 1.54) is 5.56 Å². The van der Waals surface area contributed by atoms with Gasteiger partial charge in [0, 0.05) is 27.6 Å². The van der Waals surface area contributed by atoms with E-state index in [1.54, 1.807) is 30.3 Å². The Labute approximate surface area is 226 Å². The molecule has 39 heavy (non-hydrogen) atoms. The topological polar surface area (TPSA) is 69.2 Å². The van der Waals surface area contributed by atoms with Crippen molar-refractivity contribution in [1.29, 1.82) is 0 Å². The van der Waals surface area contributed by atoms with Gasteiger partial charge in [0.15, 0.2) is 5.78 Å². The summed E-state index contributed by atoms with van der Waals surface area (Å²) in [5.41, 5.74) is 6.10. The molecule has 1 aliphatic rings. The molecule has 188 valence electrons. The van der Waals surface area contributed by atoms with Crippen molar-refractivity contribution >= 4 is 22.5 Å². The van der Waals surface area contributed by atoms with Gasteiger partial charge in [0.05, 0.1) is 11.2 Å². The maximum atomic E-state index is 14.0. The Bertz CT molecular complexity index is 1830. The average molecular weight is 509 g/mol. The van der Waals surface area contributed by atoms with Crippen molar-refractivity contribution in [3.63, 3.8) is 0 Å². The van der Waals surface area contributed by atoms with Crippen LogP contribution >= 0.6 is 0 Å². The van der Waals surface area contributed by atoms with Crippen LogP contribution in [-0.4, -0.2) is 28.1 Å². The number of carbonyl (C=O) groups excluding carboxylic acids is 2. The second kappa shape index (κ2) is 9.66. The summed E-state index contributed by atoms with van der Waals surface area (Å²) >= 11 is 0. The number of benzene rings is 4. The van der Waals surface area contributed by atoms with E-state index in [0.717, 1.165) is 22.1 Å². The van der Waals surface area contributed by atoms with Gasteiger partial charge in [-0.15, -0.1) is 6.42 Å². The number of hydrogen-bond donors (Lipinski definition) is 0. The Morgan fingerprint density at radius 1 is 0.897 bits per heavy atom. The third-order valence-corrected chi connectivity index (χ3v) is 7.04. The van der Waals surface area contributed by atoms with Crippen LogP contribution in [0.15, 0.2) is 84.9 Å². The first kappa shape index (κ1) is 24.3. The van der Waals surface area contributed by atoms with E-state index < -0.39 is 5.78 Å². The molecule has 0 atom stereocenters. The Morgan fingerprint density at radius 2 is 1.64 bits per heavy atom. The first-order chi connectivity index (χ1) is 19.0. The van der Waals surface area contributed by atoms with Gasteiger partial charge in [-0.25, -0.2) is 9.97 Å². The molecule has 1 aromatic heterocycles. The summed E-state index contributed by atoms with van der Waals surface area (Å²) in [5.74, 6) is 2.91. The predicted octanol–water partition coefficient (Wildman–Crippen LogP) is 6.87. The SMILES string of the molecule is C#CCOc1ccc2nc(C(=O)c3cccc4c3C(=O)c3ccccc3-4)nc(-c3ccc(C(C)C)cc3)c2c1. The van der Waals surface area contributed by atoms with Crippen LogP contribution in [0.1, 0.15) is 57.4 Å². The minimum absolute atomic E-state index is 0.0277. The summed E-state index contributed by atoms with van der Waals surface area (Å²) < 4.78 is 5.65. The van der Waals surface area contributed by atoms with Crippen LogP contribution in [-0.2, 0) is 0 Å². The van der Waals surface area contributed by atoms with Gasteiger partial charge < -0.3 is 4.74 Å². The van der Waals surface area contributed by atoms with Crippen molar-refractivity contribution in [2.45, 2.75) is 19.8 Å². The van der Waals surface area contributed by atoms with Gasteiger partial charge in [-0.1, -0.05) is 86.5 Å². The first-order valence-corrected chi connectivity index (χ1v) is 12.8. The highest BCUT2D eigenvalue weighted by Gasteiger charge is 2.32. The smallest absolute Gasteiger partial charge is 0.231 e. The van der Waals surface area contributed by atoms with Crippen molar-refractivity contribution < 1.29 is 14.3 Å². The maximum absolute atomic E-state index is 14.0. The van der Waals surface area contributed by atoms with Crippen molar-refractivity contribution in [2.75, 3.05) is 6.61 Å². The Balaban J connectivity index is 1.51. The highest BCUT2D eigenvalue weighted by Crippen LogP contribution is 2.39. The number of carbonyl (C=O) groups is 2. The molecular formula is C34H24N2O3. The molecule has 0 radical (unpaired) electrons. The number of nitrogens with zero attached hydrogens (tertiary/aromatic N) is 2. The van der Waals surface area contributed by atoms with Crippen LogP contribution in [0.2, 0.25) is 0 Å². The van der Waals surface area contributed by atoms with Crippen LogP contribution < -0.4 is 4.74 Å². The highest BCUT2D eigenvalue weighted by atomic mass is 16.5. The van der Waals surface area contributed by atoms with E-state index in [-0.39, 0.29) is 18.2 Å². The van der Waals surface area contributed by atoms with Gasteiger partial charge >= 0.3 is 0 Å². The van der Waals surface area contributed by atoms with Crippen LogP contribution in [0.5, 0.6) is 5.75 Å². The molecule has 4 aromatic carbocycles. The summed E-state index contributed by atoms with van der Waals surface area (Å²) in [7, 11) is 0. The fourth-order valence-corrected chi connectivity index (χ4v) is 5.05. The van der Waals surface area contributed by atoms with E-state index >= 15 is 0 Å². The monoisotopic (exact) mass is 508 g/mol. The van der Waals surface area contributed by atoms with E-state index in [4.69, 9.17) is 16.1 Å². The van der Waals surface area contributed by atoms with Gasteiger partial charge in [0.2, 0.25) is 11.6 Å². The third kappa shape index (κ3) is 4.17. The zero-order valence-electron chi connectivity index (χ0n) is 21.6. The minimum Gasteiger partial charge on any atom is -0.481 e. The van der Waals surface area contributed by atoms with Gasteiger partial charge in [-0.3, -0.25) is 9.59 Å². The Hall–Kier alpha value is -5.08. The lowest BCUT2D eigenvalue weighted by Crippen LogP contribution is -2.13. The number of ether oxygens (including phenoxy) is 1. The van der Waals surface area contributed by atoms with Gasteiger partial charge in [-0.2, -0.15) is 0 Å². The summed E-state index contributed by atoms with van der Waals surface area (Å²) in [6.07, 6.45) is 5.37. The number of ketones is 2. The second-order valence-corrected chi connectivity index (χ2v) is 9.78. The summed E-state index contributed by atoms with van der Waals surface area (Å²) in [6, 6.07) is 26.3. The third-order valence-electron chi connectivity index (χ3n) is 7.04. The van der Waals surface area contributed by atoms with Crippen molar-refractivity contribution in [3.8, 4) is 40.5 Å². The fourth-order valence-electron chi connectivity index (χ4n) is 5.05. The van der Waals surface area contributed by atoms with Crippen molar-refractivity contribution in [2.24, 2.45) is 0 Å². The Kier molecular flexibility index (Phi) is 6.01. The van der Waals surface area contributed by atoms with Crippen LogP contribution in [0.25, 0.3) is 33.3 Å². The summed E-state index contributed by atoms with van der Waals surface area (Å²) in [4.78, 5) is 36.7. The van der Waals surface area contributed by atoms with Crippen molar-refractivity contribution in [1.82, 2.24) is 9.97 Å². The van der Waals surface area contributed by atoms with E-state index in [0.29, 0.717) is 39.6 Å². The average Bonchev–Trinajstić information content (AvgIpc) is 3.27. The molecule has 5 nitrogen and oxygen atoms in total. The van der Waals surface area contributed by atoms with Gasteiger partial charge in [-0.05, 0) is 40.8 Å². The van der Waals surface area contributed by atoms with E-state index in [9.17, 15) is 9.59 Å². The van der Waals surface area contributed by atoms with E-state index in [1.807, 2.05) is 42.5 Å². The molecular weight excluding hydrogens is 484 g/mol. The fraction of sp³-hybridized carbons (Fsp3) is 0.118. The molecule has 6 rings (SSSR count).